The van der Waals surface area contributed by atoms with E-state index < -0.39 is 0 Å². The van der Waals surface area contributed by atoms with Crippen molar-refractivity contribution in [2.24, 2.45) is 0 Å². The van der Waals surface area contributed by atoms with Gasteiger partial charge in [0, 0.05) is 24.0 Å². The molecule has 1 saturated heterocycles. The highest BCUT2D eigenvalue weighted by molar-refractivity contribution is 6.15. The number of aromatic nitrogens is 2. The molecule has 4 N–H and O–H groups in total. The molecule has 0 bridgehead atoms. The number of rotatable bonds is 2. The molecule has 3 aromatic rings. The molecule has 2 atom stereocenters. The zero-order valence-corrected chi connectivity index (χ0v) is 17.9. The average Bonchev–Trinajstić information content (AvgIpc) is 3.08. The Morgan fingerprint density at radius 2 is 1.66 bits per heavy atom. The lowest BCUT2D eigenvalue weighted by Crippen LogP contribution is -2.46. The van der Waals surface area contributed by atoms with E-state index in [0.29, 0.717) is 52.3 Å². The van der Waals surface area contributed by atoms with E-state index in [4.69, 9.17) is 16.2 Å². The van der Waals surface area contributed by atoms with Crippen LogP contribution < -0.4 is 21.3 Å². The molecule has 0 aliphatic carbocycles. The highest BCUT2D eigenvalue weighted by atomic mass is 16.5. The fraction of sp³-hybridized carbons (Fsp3) is 0.304. The van der Waals surface area contributed by atoms with Gasteiger partial charge in [-0.05, 0) is 26.0 Å². The normalized spacial score (nSPS) is 20.5. The molecule has 1 amide bonds. The van der Waals surface area contributed by atoms with Crippen LogP contribution in [0.4, 0.5) is 29.0 Å². The van der Waals surface area contributed by atoms with Crippen LogP contribution in [-0.4, -0.2) is 41.2 Å². The van der Waals surface area contributed by atoms with Crippen LogP contribution in [0.1, 0.15) is 25.0 Å². The van der Waals surface area contributed by atoms with E-state index in [-0.39, 0.29) is 36.2 Å². The third kappa shape index (κ3) is 2.99. The third-order valence-electron chi connectivity index (χ3n) is 5.89. The van der Waals surface area contributed by atoms with Crippen molar-refractivity contribution < 1.29 is 9.53 Å². The van der Waals surface area contributed by atoms with Gasteiger partial charge in [0.1, 0.15) is 34.9 Å². The number of nitrogens with zero attached hydrogens (tertiary/aromatic N) is 5. The zero-order chi connectivity index (χ0) is 22.6. The van der Waals surface area contributed by atoms with Gasteiger partial charge in [0.05, 0.1) is 29.7 Å². The lowest BCUT2D eigenvalue weighted by molar-refractivity contribution is -0.116. The number of para-hydroxylation sites is 1. The van der Waals surface area contributed by atoms with Crippen molar-refractivity contribution in [2.45, 2.75) is 32.5 Å². The molecule has 9 heteroatoms. The Bertz CT molecular complexity index is 1280. The quantitative estimate of drug-likeness (QED) is 0.634. The van der Waals surface area contributed by atoms with Crippen molar-refractivity contribution in [3.05, 3.63) is 41.5 Å². The van der Waals surface area contributed by atoms with E-state index >= 15 is 0 Å². The molecule has 0 unspecified atom stereocenters. The van der Waals surface area contributed by atoms with E-state index in [1.807, 2.05) is 49.1 Å². The summed E-state index contributed by atoms with van der Waals surface area (Å²) in [7, 11) is 0. The van der Waals surface area contributed by atoms with Gasteiger partial charge in [-0.15, -0.1) is 0 Å². The van der Waals surface area contributed by atoms with Crippen molar-refractivity contribution in [2.75, 3.05) is 34.4 Å². The molecule has 0 saturated carbocycles. The Kier molecular flexibility index (Phi) is 4.60. The van der Waals surface area contributed by atoms with Crippen molar-refractivity contribution in [1.29, 1.82) is 5.26 Å². The van der Waals surface area contributed by atoms with Crippen LogP contribution in [0.15, 0.2) is 30.3 Å². The molecule has 4 heterocycles. The SMILES string of the molecule is C[C@@H]1CN(c2nc(N)c3c(N)nc4c(c3c2C#N)CC(=O)N4c2ccccc2)C[C@H](C)O1. The van der Waals surface area contributed by atoms with Crippen LogP contribution in [0.3, 0.4) is 0 Å². The summed E-state index contributed by atoms with van der Waals surface area (Å²) in [5, 5.41) is 11.2. The Balaban J connectivity index is 1.78. The number of pyridine rings is 2. The highest BCUT2D eigenvalue weighted by Gasteiger charge is 2.36. The summed E-state index contributed by atoms with van der Waals surface area (Å²) in [5.41, 5.74) is 14.3. The number of morpholine rings is 1. The van der Waals surface area contributed by atoms with Crippen molar-refractivity contribution in [1.82, 2.24) is 9.97 Å². The van der Waals surface area contributed by atoms with Gasteiger partial charge in [-0.25, -0.2) is 9.97 Å². The average molecular weight is 429 g/mol. The second kappa shape index (κ2) is 7.35. The molecule has 162 valence electrons. The Morgan fingerprint density at radius 3 is 2.28 bits per heavy atom. The minimum atomic E-state index is -0.139. The standard InChI is InChI=1S/C23H23N7O2/c1-12-10-29(11-13(2)32-12)22-16(9-24)18-15-8-17(31)30(14-6-4-3-5-7-14)23(15)28-21(26)19(18)20(25)27-22/h3-7,12-13H,8,10-11H2,1-2H3,(H2,25,27)(H2,26,28)/t12-,13+. The second-order valence-corrected chi connectivity index (χ2v) is 8.26. The predicted octanol–water partition coefficient (Wildman–Crippen LogP) is 2.50. The molecule has 2 aliphatic heterocycles. The molecular formula is C23H23N7O2. The van der Waals surface area contributed by atoms with E-state index in [2.05, 4.69) is 16.0 Å². The van der Waals surface area contributed by atoms with Gasteiger partial charge in [-0.1, -0.05) is 18.2 Å². The minimum Gasteiger partial charge on any atom is -0.383 e. The molecule has 5 rings (SSSR count). The topological polar surface area (TPSA) is 134 Å². The molecule has 9 nitrogen and oxygen atoms in total. The third-order valence-corrected chi connectivity index (χ3v) is 5.89. The summed E-state index contributed by atoms with van der Waals surface area (Å²) in [6.07, 6.45) is 0.0568. The molecule has 1 aromatic carbocycles. The van der Waals surface area contributed by atoms with Crippen molar-refractivity contribution in [3.63, 3.8) is 0 Å². The number of carbonyl (C=O) groups is 1. The summed E-state index contributed by atoms with van der Waals surface area (Å²) >= 11 is 0. The van der Waals surface area contributed by atoms with Gasteiger partial charge < -0.3 is 21.1 Å². The summed E-state index contributed by atoms with van der Waals surface area (Å²) in [4.78, 5) is 25.7. The maximum atomic E-state index is 13.0. The largest absolute Gasteiger partial charge is 0.383 e. The molecule has 32 heavy (non-hydrogen) atoms. The number of nitriles is 1. The molecule has 0 radical (unpaired) electrons. The Labute approximate surface area is 185 Å². The lowest BCUT2D eigenvalue weighted by atomic mass is 10.00. The van der Waals surface area contributed by atoms with Crippen molar-refractivity contribution >= 4 is 45.6 Å². The minimum absolute atomic E-state index is 0.0209. The first-order valence-corrected chi connectivity index (χ1v) is 10.5. The Morgan fingerprint density at radius 1 is 1.03 bits per heavy atom. The maximum Gasteiger partial charge on any atom is 0.237 e. The fourth-order valence-electron chi connectivity index (χ4n) is 4.73. The van der Waals surface area contributed by atoms with Gasteiger partial charge in [0.25, 0.3) is 0 Å². The van der Waals surface area contributed by atoms with Gasteiger partial charge in [0.2, 0.25) is 5.91 Å². The number of hydrogen-bond donors (Lipinski definition) is 2. The predicted molar refractivity (Wildman–Crippen MR) is 123 cm³/mol. The van der Waals surface area contributed by atoms with Gasteiger partial charge in [0.15, 0.2) is 0 Å². The van der Waals surface area contributed by atoms with Gasteiger partial charge in [-0.2, -0.15) is 5.26 Å². The van der Waals surface area contributed by atoms with Gasteiger partial charge >= 0.3 is 0 Å². The smallest absolute Gasteiger partial charge is 0.237 e. The number of nitrogen functional groups attached to an aromatic ring is 2. The lowest BCUT2D eigenvalue weighted by Gasteiger charge is -2.36. The van der Waals surface area contributed by atoms with Gasteiger partial charge in [-0.3, -0.25) is 9.69 Å². The highest BCUT2D eigenvalue weighted by Crippen LogP contribution is 2.44. The number of carbonyl (C=O) groups excluding carboxylic acids is 1. The van der Waals surface area contributed by atoms with E-state index in [1.54, 1.807) is 4.90 Å². The van der Waals surface area contributed by atoms with Crippen LogP contribution in [-0.2, 0) is 16.0 Å². The molecule has 0 spiro atoms. The molecule has 2 aliphatic rings. The summed E-state index contributed by atoms with van der Waals surface area (Å²) in [6.45, 7) is 5.12. The number of hydrogen-bond acceptors (Lipinski definition) is 8. The number of anilines is 5. The van der Waals surface area contributed by atoms with E-state index in [9.17, 15) is 10.1 Å². The Hall–Kier alpha value is -3.90. The van der Waals surface area contributed by atoms with Crippen molar-refractivity contribution in [3.8, 4) is 6.07 Å². The van der Waals surface area contributed by atoms with Crippen LogP contribution in [0.5, 0.6) is 0 Å². The molecule has 1 fully saturated rings. The van der Waals surface area contributed by atoms with E-state index in [1.165, 1.54) is 0 Å². The van der Waals surface area contributed by atoms with Crippen LogP contribution in [0, 0.1) is 11.3 Å². The fourth-order valence-corrected chi connectivity index (χ4v) is 4.73. The number of amides is 1. The number of ether oxygens (including phenoxy) is 1. The number of nitrogens with two attached hydrogens (primary N) is 2. The van der Waals surface area contributed by atoms with Crippen LogP contribution in [0.25, 0.3) is 10.8 Å². The number of fused-ring (bicyclic) bond motifs is 3. The monoisotopic (exact) mass is 429 g/mol. The van der Waals surface area contributed by atoms with Crippen LogP contribution in [0.2, 0.25) is 0 Å². The first-order chi connectivity index (χ1) is 15.4. The maximum absolute atomic E-state index is 13.0. The van der Waals surface area contributed by atoms with Crippen LogP contribution >= 0.6 is 0 Å². The summed E-state index contributed by atoms with van der Waals surface area (Å²) in [5.74, 6) is 1.12. The van der Waals surface area contributed by atoms with E-state index in [0.717, 1.165) is 0 Å². The summed E-state index contributed by atoms with van der Waals surface area (Å²) in [6, 6.07) is 11.6. The molecule has 2 aromatic heterocycles. The zero-order valence-electron chi connectivity index (χ0n) is 17.9. The second-order valence-electron chi connectivity index (χ2n) is 8.26. The summed E-state index contributed by atoms with van der Waals surface area (Å²) < 4.78 is 5.83. The first kappa shape index (κ1) is 20.0. The molecular weight excluding hydrogens is 406 g/mol. The first-order valence-electron chi connectivity index (χ1n) is 10.5. The number of benzene rings is 1.